The van der Waals surface area contributed by atoms with Crippen LogP contribution in [0.15, 0.2) is 36.4 Å². The Bertz CT molecular complexity index is 890. The van der Waals surface area contributed by atoms with Crippen LogP contribution in [0.3, 0.4) is 0 Å². The SMILES string of the molecule is CCCCCCCCOc1ccc(CCC(=O)O)cc1-c1cc(CCC(=O)O)ccc1O. The lowest BCUT2D eigenvalue weighted by Crippen LogP contribution is -2.02. The molecule has 0 bridgehead atoms. The summed E-state index contributed by atoms with van der Waals surface area (Å²) in [6.45, 7) is 2.75. The van der Waals surface area contributed by atoms with Gasteiger partial charge in [-0.1, -0.05) is 51.2 Å². The van der Waals surface area contributed by atoms with Crippen molar-refractivity contribution in [1.29, 1.82) is 0 Å². The number of benzene rings is 2. The minimum atomic E-state index is -0.877. The molecule has 174 valence electrons. The molecule has 0 atom stereocenters. The van der Waals surface area contributed by atoms with Gasteiger partial charge in [0.05, 0.1) is 6.61 Å². The highest BCUT2D eigenvalue weighted by molar-refractivity contribution is 5.77. The lowest BCUT2D eigenvalue weighted by atomic mass is 9.96. The summed E-state index contributed by atoms with van der Waals surface area (Å²) in [5, 5.41) is 28.5. The number of aromatic hydroxyl groups is 1. The molecule has 0 amide bonds. The predicted molar refractivity (Wildman–Crippen MR) is 124 cm³/mol. The quantitative estimate of drug-likeness (QED) is 0.300. The summed E-state index contributed by atoms with van der Waals surface area (Å²) in [6, 6.07) is 10.6. The summed E-state index contributed by atoms with van der Waals surface area (Å²) in [6.07, 6.45) is 7.67. The number of carbonyl (C=O) groups is 2. The number of carboxylic acid groups (broad SMARTS) is 2. The Balaban J connectivity index is 2.22. The summed E-state index contributed by atoms with van der Waals surface area (Å²) in [5.74, 6) is -1.04. The predicted octanol–water partition coefficient (Wildman–Crippen LogP) is 5.83. The summed E-state index contributed by atoms with van der Waals surface area (Å²) in [5.41, 5.74) is 2.89. The van der Waals surface area contributed by atoms with Crippen LogP contribution in [-0.4, -0.2) is 33.9 Å². The van der Waals surface area contributed by atoms with E-state index in [1.807, 2.05) is 18.2 Å². The van der Waals surface area contributed by atoms with Crippen molar-refractivity contribution in [3.63, 3.8) is 0 Å². The Labute approximate surface area is 189 Å². The second-order valence-corrected chi connectivity index (χ2v) is 8.09. The number of aryl methyl sites for hydroxylation is 2. The van der Waals surface area contributed by atoms with Crippen molar-refractivity contribution >= 4 is 11.9 Å². The van der Waals surface area contributed by atoms with Gasteiger partial charge in [-0.25, -0.2) is 0 Å². The summed E-state index contributed by atoms with van der Waals surface area (Å²) < 4.78 is 6.05. The van der Waals surface area contributed by atoms with Crippen molar-refractivity contribution in [2.24, 2.45) is 0 Å². The Hall–Kier alpha value is -3.02. The van der Waals surface area contributed by atoms with Crippen LogP contribution >= 0.6 is 0 Å². The van der Waals surface area contributed by atoms with Gasteiger partial charge in [-0.2, -0.15) is 0 Å². The van der Waals surface area contributed by atoms with Crippen LogP contribution in [0.2, 0.25) is 0 Å². The van der Waals surface area contributed by atoms with Crippen LogP contribution in [0.25, 0.3) is 11.1 Å². The number of ether oxygens (including phenoxy) is 1. The minimum absolute atomic E-state index is 0.00422. The number of carboxylic acids is 2. The summed E-state index contributed by atoms with van der Waals surface area (Å²) in [7, 11) is 0. The normalized spacial score (nSPS) is 10.8. The second-order valence-electron chi connectivity index (χ2n) is 8.09. The molecule has 0 radical (unpaired) electrons. The van der Waals surface area contributed by atoms with Crippen molar-refractivity contribution in [2.45, 2.75) is 71.1 Å². The van der Waals surface area contributed by atoms with Crippen LogP contribution < -0.4 is 4.74 Å². The molecule has 0 heterocycles. The first-order chi connectivity index (χ1) is 15.4. The molecular weight excluding hydrogens is 408 g/mol. The molecule has 2 aromatic carbocycles. The molecule has 6 heteroatoms. The van der Waals surface area contributed by atoms with Gasteiger partial charge in [-0.05, 0) is 54.7 Å². The van der Waals surface area contributed by atoms with E-state index in [9.17, 15) is 14.7 Å². The molecule has 2 rings (SSSR count). The number of hydrogen-bond donors (Lipinski definition) is 3. The van der Waals surface area contributed by atoms with Crippen LogP contribution in [0, 0.1) is 0 Å². The largest absolute Gasteiger partial charge is 0.507 e. The van der Waals surface area contributed by atoms with E-state index in [4.69, 9.17) is 14.9 Å². The van der Waals surface area contributed by atoms with E-state index in [0.717, 1.165) is 24.0 Å². The Kier molecular flexibility index (Phi) is 10.6. The Morgan fingerprint density at radius 2 is 1.34 bits per heavy atom. The maximum atomic E-state index is 11.0. The number of hydrogen-bond acceptors (Lipinski definition) is 4. The lowest BCUT2D eigenvalue weighted by molar-refractivity contribution is -0.138. The molecule has 2 aromatic rings. The van der Waals surface area contributed by atoms with E-state index in [1.165, 1.54) is 25.7 Å². The zero-order valence-electron chi connectivity index (χ0n) is 18.8. The van der Waals surface area contributed by atoms with Crippen LogP contribution in [0.4, 0.5) is 0 Å². The number of phenols is 1. The van der Waals surface area contributed by atoms with E-state index in [0.29, 0.717) is 36.3 Å². The highest BCUT2D eigenvalue weighted by Crippen LogP contribution is 2.38. The molecule has 0 saturated carbocycles. The van der Waals surface area contributed by atoms with E-state index in [-0.39, 0.29) is 18.6 Å². The fourth-order valence-electron chi connectivity index (χ4n) is 3.59. The van der Waals surface area contributed by atoms with E-state index < -0.39 is 11.9 Å². The van der Waals surface area contributed by atoms with Crippen molar-refractivity contribution in [1.82, 2.24) is 0 Å². The topological polar surface area (TPSA) is 104 Å². The molecule has 0 unspecified atom stereocenters. The average Bonchev–Trinajstić information content (AvgIpc) is 2.77. The van der Waals surface area contributed by atoms with Crippen LogP contribution in [0.1, 0.15) is 69.4 Å². The first-order valence-corrected chi connectivity index (χ1v) is 11.4. The highest BCUT2D eigenvalue weighted by Gasteiger charge is 2.14. The molecule has 0 aliphatic carbocycles. The summed E-state index contributed by atoms with van der Waals surface area (Å²) >= 11 is 0. The summed E-state index contributed by atoms with van der Waals surface area (Å²) in [4.78, 5) is 21.9. The Morgan fingerprint density at radius 3 is 1.97 bits per heavy atom. The van der Waals surface area contributed by atoms with Gasteiger partial charge < -0.3 is 20.1 Å². The monoisotopic (exact) mass is 442 g/mol. The number of rotatable bonds is 15. The van der Waals surface area contributed by atoms with E-state index in [1.54, 1.807) is 18.2 Å². The van der Waals surface area contributed by atoms with Gasteiger partial charge >= 0.3 is 11.9 Å². The second kappa shape index (κ2) is 13.4. The third kappa shape index (κ3) is 8.61. The molecule has 0 aliphatic heterocycles. The van der Waals surface area contributed by atoms with Gasteiger partial charge in [-0.3, -0.25) is 9.59 Å². The smallest absolute Gasteiger partial charge is 0.303 e. The van der Waals surface area contributed by atoms with Gasteiger partial charge in [0.25, 0.3) is 0 Å². The fourth-order valence-corrected chi connectivity index (χ4v) is 3.59. The molecule has 0 aromatic heterocycles. The molecule has 0 spiro atoms. The van der Waals surface area contributed by atoms with Crippen molar-refractivity contribution in [3.05, 3.63) is 47.5 Å². The lowest BCUT2D eigenvalue weighted by Gasteiger charge is -2.15. The Morgan fingerprint density at radius 1 is 0.781 bits per heavy atom. The maximum absolute atomic E-state index is 11.0. The van der Waals surface area contributed by atoms with E-state index in [2.05, 4.69) is 6.92 Å². The zero-order valence-corrected chi connectivity index (χ0v) is 18.8. The standard InChI is InChI=1S/C26H34O6/c1-2-3-4-5-6-7-16-32-24-13-9-20(11-15-26(30)31)18-22(24)21-17-19(8-12-23(21)27)10-14-25(28)29/h8-9,12-13,17-18,27H,2-7,10-11,14-16H2,1H3,(H,28,29)(H,30,31). The number of aliphatic carboxylic acids is 2. The molecular formula is C26H34O6. The maximum Gasteiger partial charge on any atom is 0.303 e. The first kappa shape index (κ1) is 25.2. The highest BCUT2D eigenvalue weighted by atomic mass is 16.5. The van der Waals surface area contributed by atoms with Gasteiger partial charge in [0, 0.05) is 24.0 Å². The van der Waals surface area contributed by atoms with Gasteiger partial charge in [0.2, 0.25) is 0 Å². The average molecular weight is 443 g/mol. The minimum Gasteiger partial charge on any atom is -0.507 e. The molecule has 0 aliphatic rings. The van der Waals surface area contributed by atoms with Gasteiger partial charge in [0.15, 0.2) is 0 Å². The molecule has 32 heavy (non-hydrogen) atoms. The third-order valence-electron chi connectivity index (χ3n) is 5.41. The number of unbranched alkanes of at least 4 members (excludes halogenated alkanes) is 5. The van der Waals surface area contributed by atoms with Crippen molar-refractivity contribution < 1.29 is 29.6 Å². The van der Waals surface area contributed by atoms with Crippen LogP contribution in [-0.2, 0) is 22.4 Å². The zero-order chi connectivity index (χ0) is 23.3. The molecule has 0 saturated heterocycles. The molecule has 3 N–H and O–H groups in total. The van der Waals surface area contributed by atoms with Crippen molar-refractivity contribution in [2.75, 3.05) is 6.61 Å². The number of phenolic OH excluding ortho intramolecular Hbond substituents is 1. The molecule has 6 nitrogen and oxygen atoms in total. The van der Waals surface area contributed by atoms with Crippen LogP contribution in [0.5, 0.6) is 11.5 Å². The van der Waals surface area contributed by atoms with E-state index >= 15 is 0 Å². The first-order valence-electron chi connectivity index (χ1n) is 11.4. The van der Waals surface area contributed by atoms with Gasteiger partial charge in [-0.15, -0.1) is 0 Å². The van der Waals surface area contributed by atoms with Gasteiger partial charge in [0.1, 0.15) is 11.5 Å². The molecule has 0 fully saturated rings. The van der Waals surface area contributed by atoms with Crippen molar-refractivity contribution in [3.8, 4) is 22.6 Å². The fraction of sp³-hybridized carbons (Fsp3) is 0.462. The third-order valence-corrected chi connectivity index (χ3v) is 5.41.